The highest BCUT2D eigenvalue weighted by Crippen LogP contribution is 2.22. The third kappa shape index (κ3) is 3.59. The molecule has 2 heterocycles. The number of aromatic nitrogens is 1. The first-order chi connectivity index (χ1) is 9.42. The van der Waals surface area contributed by atoms with Crippen molar-refractivity contribution in [2.75, 3.05) is 11.5 Å². The first kappa shape index (κ1) is 13.2. The Bertz CT molecular complexity index is 504. The number of nitrogens with zero attached hydrogens (tertiary/aromatic N) is 1. The molecule has 0 spiro atoms. The molecule has 1 N–H and O–H groups in total. The predicted molar refractivity (Wildman–Crippen MR) is 84.7 cm³/mol. The molecular formula is C15H18N2S2. The van der Waals surface area contributed by atoms with Gasteiger partial charge >= 0.3 is 0 Å². The Balaban J connectivity index is 1.59. The highest BCUT2D eigenvalue weighted by Gasteiger charge is 2.13. The summed E-state index contributed by atoms with van der Waals surface area (Å²) in [5.41, 5.74) is 2.30. The van der Waals surface area contributed by atoms with E-state index in [0.717, 1.165) is 12.2 Å². The number of benzene rings is 1. The average molecular weight is 290 g/mol. The summed E-state index contributed by atoms with van der Waals surface area (Å²) in [5, 5.41) is 6.97. The molecule has 3 rings (SSSR count). The van der Waals surface area contributed by atoms with Crippen LogP contribution in [-0.2, 0) is 6.54 Å². The largest absolute Gasteiger partial charge is 0.307 e. The van der Waals surface area contributed by atoms with Crippen LogP contribution in [-0.4, -0.2) is 22.5 Å². The number of nitrogens with one attached hydrogen (secondary N) is 1. The molecule has 0 amide bonds. The SMILES string of the molecule is c1ccc(-c2csc(CNC3CCCSC3)n2)cc1. The Labute approximate surface area is 122 Å². The highest BCUT2D eigenvalue weighted by atomic mass is 32.2. The van der Waals surface area contributed by atoms with Gasteiger partial charge in [-0.2, -0.15) is 11.8 Å². The minimum absolute atomic E-state index is 0.669. The Kier molecular flexibility index (Phi) is 4.53. The zero-order valence-corrected chi connectivity index (χ0v) is 12.5. The summed E-state index contributed by atoms with van der Waals surface area (Å²) < 4.78 is 0. The van der Waals surface area contributed by atoms with Crippen molar-refractivity contribution in [3.05, 3.63) is 40.7 Å². The predicted octanol–water partition coefficient (Wildman–Crippen LogP) is 3.80. The van der Waals surface area contributed by atoms with Crippen LogP contribution in [0.3, 0.4) is 0 Å². The Hall–Kier alpha value is -0.840. The first-order valence-electron chi connectivity index (χ1n) is 6.73. The maximum Gasteiger partial charge on any atom is 0.107 e. The normalized spacial score (nSPS) is 19.5. The van der Waals surface area contributed by atoms with Gasteiger partial charge in [0.15, 0.2) is 0 Å². The number of rotatable bonds is 4. The summed E-state index contributed by atoms with van der Waals surface area (Å²) in [5.74, 6) is 2.57. The Morgan fingerprint density at radius 2 is 2.16 bits per heavy atom. The van der Waals surface area contributed by atoms with Crippen molar-refractivity contribution in [3.63, 3.8) is 0 Å². The molecule has 0 saturated carbocycles. The lowest BCUT2D eigenvalue weighted by Gasteiger charge is -2.21. The van der Waals surface area contributed by atoms with Crippen LogP contribution in [0.1, 0.15) is 17.8 Å². The molecule has 0 bridgehead atoms. The van der Waals surface area contributed by atoms with Gasteiger partial charge in [0.05, 0.1) is 5.69 Å². The summed E-state index contributed by atoms with van der Waals surface area (Å²) in [6.07, 6.45) is 2.65. The molecule has 1 aromatic heterocycles. The smallest absolute Gasteiger partial charge is 0.107 e. The van der Waals surface area contributed by atoms with Crippen molar-refractivity contribution in [3.8, 4) is 11.3 Å². The van der Waals surface area contributed by atoms with Gasteiger partial charge in [-0.25, -0.2) is 4.98 Å². The molecule has 1 unspecified atom stereocenters. The van der Waals surface area contributed by atoms with E-state index in [4.69, 9.17) is 4.98 Å². The van der Waals surface area contributed by atoms with E-state index < -0.39 is 0 Å². The van der Waals surface area contributed by atoms with Gasteiger partial charge < -0.3 is 5.32 Å². The van der Waals surface area contributed by atoms with E-state index in [2.05, 4.69) is 46.7 Å². The van der Waals surface area contributed by atoms with Crippen LogP contribution in [0.5, 0.6) is 0 Å². The second-order valence-electron chi connectivity index (χ2n) is 4.79. The van der Waals surface area contributed by atoms with E-state index in [0.29, 0.717) is 6.04 Å². The van der Waals surface area contributed by atoms with Crippen LogP contribution in [0.2, 0.25) is 0 Å². The molecular weight excluding hydrogens is 272 g/mol. The topological polar surface area (TPSA) is 24.9 Å². The van der Waals surface area contributed by atoms with Gasteiger partial charge in [0.2, 0.25) is 0 Å². The fourth-order valence-electron chi connectivity index (χ4n) is 2.27. The summed E-state index contributed by atoms with van der Waals surface area (Å²) in [6.45, 7) is 0.905. The molecule has 1 aliphatic rings. The minimum atomic E-state index is 0.669. The molecule has 19 heavy (non-hydrogen) atoms. The second kappa shape index (κ2) is 6.55. The van der Waals surface area contributed by atoms with Crippen LogP contribution in [0.25, 0.3) is 11.3 Å². The molecule has 100 valence electrons. The summed E-state index contributed by atoms with van der Waals surface area (Å²) in [6, 6.07) is 11.1. The van der Waals surface area contributed by atoms with Crippen LogP contribution in [0.15, 0.2) is 35.7 Å². The standard InChI is InChI=1S/C15H18N2S2/c1-2-5-12(6-3-1)14-11-19-15(17-14)9-16-13-7-4-8-18-10-13/h1-3,5-6,11,13,16H,4,7-10H2. The van der Waals surface area contributed by atoms with E-state index >= 15 is 0 Å². The minimum Gasteiger partial charge on any atom is -0.307 e. The molecule has 2 aromatic rings. The lowest BCUT2D eigenvalue weighted by molar-refractivity contribution is 0.507. The van der Waals surface area contributed by atoms with Crippen molar-refractivity contribution in [1.29, 1.82) is 0 Å². The van der Waals surface area contributed by atoms with E-state index in [1.165, 1.54) is 34.9 Å². The lowest BCUT2D eigenvalue weighted by atomic mass is 10.2. The van der Waals surface area contributed by atoms with Crippen LogP contribution in [0.4, 0.5) is 0 Å². The lowest BCUT2D eigenvalue weighted by Crippen LogP contribution is -2.33. The molecule has 1 aromatic carbocycles. The number of hydrogen-bond donors (Lipinski definition) is 1. The summed E-state index contributed by atoms with van der Waals surface area (Å²) in [4.78, 5) is 4.71. The van der Waals surface area contributed by atoms with Gasteiger partial charge in [-0.15, -0.1) is 11.3 Å². The molecule has 4 heteroatoms. The van der Waals surface area contributed by atoms with Gasteiger partial charge in [0.1, 0.15) is 5.01 Å². The maximum absolute atomic E-state index is 4.71. The van der Waals surface area contributed by atoms with Gasteiger partial charge in [0, 0.05) is 29.3 Å². The fourth-order valence-corrected chi connectivity index (χ4v) is 4.13. The van der Waals surface area contributed by atoms with Crippen LogP contribution < -0.4 is 5.32 Å². The Morgan fingerprint density at radius 3 is 2.95 bits per heavy atom. The molecule has 1 aliphatic heterocycles. The monoisotopic (exact) mass is 290 g/mol. The zero-order chi connectivity index (χ0) is 12.9. The first-order valence-corrected chi connectivity index (χ1v) is 8.76. The van der Waals surface area contributed by atoms with Crippen molar-refractivity contribution in [1.82, 2.24) is 10.3 Å². The van der Waals surface area contributed by atoms with Crippen LogP contribution in [0, 0.1) is 0 Å². The van der Waals surface area contributed by atoms with Crippen molar-refractivity contribution < 1.29 is 0 Å². The molecule has 0 radical (unpaired) electrons. The fraction of sp³-hybridized carbons (Fsp3) is 0.400. The summed E-state index contributed by atoms with van der Waals surface area (Å²) in [7, 11) is 0. The van der Waals surface area contributed by atoms with Gasteiger partial charge in [-0.3, -0.25) is 0 Å². The van der Waals surface area contributed by atoms with Gasteiger partial charge in [-0.05, 0) is 18.6 Å². The van der Waals surface area contributed by atoms with Gasteiger partial charge in [-0.1, -0.05) is 30.3 Å². The second-order valence-corrected chi connectivity index (χ2v) is 6.88. The third-order valence-corrected chi connectivity index (χ3v) is 5.39. The van der Waals surface area contributed by atoms with E-state index in [1.807, 2.05) is 6.07 Å². The van der Waals surface area contributed by atoms with Crippen LogP contribution >= 0.6 is 23.1 Å². The van der Waals surface area contributed by atoms with E-state index in [9.17, 15) is 0 Å². The number of thioether (sulfide) groups is 1. The zero-order valence-electron chi connectivity index (χ0n) is 10.8. The van der Waals surface area contributed by atoms with Crippen molar-refractivity contribution in [2.45, 2.75) is 25.4 Å². The number of hydrogen-bond acceptors (Lipinski definition) is 4. The van der Waals surface area contributed by atoms with Crippen molar-refractivity contribution >= 4 is 23.1 Å². The Morgan fingerprint density at radius 1 is 1.26 bits per heavy atom. The third-order valence-electron chi connectivity index (χ3n) is 3.32. The molecule has 1 fully saturated rings. The quantitative estimate of drug-likeness (QED) is 0.927. The van der Waals surface area contributed by atoms with Crippen molar-refractivity contribution in [2.24, 2.45) is 0 Å². The molecule has 1 atom stereocenters. The molecule has 2 nitrogen and oxygen atoms in total. The molecule has 1 saturated heterocycles. The molecule has 0 aliphatic carbocycles. The summed E-state index contributed by atoms with van der Waals surface area (Å²) >= 11 is 3.81. The highest BCUT2D eigenvalue weighted by molar-refractivity contribution is 7.99. The van der Waals surface area contributed by atoms with Gasteiger partial charge in [0.25, 0.3) is 0 Å². The van der Waals surface area contributed by atoms with E-state index in [-0.39, 0.29) is 0 Å². The maximum atomic E-state index is 4.71. The average Bonchev–Trinajstić information content (AvgIpc) is 2.96. The number of thiazole rings is 1. The van der Waals surface area contributed by atoms with E-state index in [1.54, 1.807) is 11.3 Å².